The second-order valence-electron chi connectivity index (χ2n) is 8.78. The van der Waals surface area contributed by atoms with Crippen molar-refractivity contribution in [1.29, 1.82) is 0 Å². The van der Waals surface area contributed by atoms with Crippen LogP contribution in [0.2, 0.25) is 0 Å². The van der Waals surface area contributed by atoms with Gasteiger partial charge in [-0.15, -0.1) is 11.3 Å². The molecule has 196 valence electrons. The summed E-state index contributed by atoms with van der Waals surface area (Å²) in [5, 5.41) is 8.67. The van der Waals surface area contributed by atoms with Crippen molar-refractivity contribution < 1.29 is 27.3 Å². The van der Waals surface area contributed by atoms with E-state index in [1.807, 2.05) is 47.4 Å². The second-order valence-corrected chi connectivity index (χ2v) is 10.9. The fourth-order valence-corrected chi connectivity index (χ4v) is 5.52. The van der Waals surface area contributed by atoms with Crippen LogP contribution in [-0.4, -0.2) is 42.6 Å². The molecule has 1 saturated carbocycles. The van der Waals surface area contributed by atoms with Crippen molar-refractivity contribution in [1.82, 2.24) is 15.6 Å². The first-order chi connectivity index (χ1) is 17.6. The number of carbonyl (C=O) groups is 2. The van der Waals surface area contributed by atoms with E-state index in [0.29, 0.717) is 18.5 Å². The summed E-state index contributed by atoms with van der Waals surface area (Å²) in [5.74, 6) is -0.548. The molecule has 10 nitrogen and oxygen atoms in total. The topological polar surface area (TPSA) is 147 Å². The van der Waals surface area contributed by atoms with E-state index in [1.165, 1.54) is 30.6 Å². The molecule has 0 spiro atoms. The second kappa shape index (κ2) is 10.9. The first-order valence-electron chi connectivity index (χ1n) is 11.6. The van der Waals surface area contributed by atoms with Crippen molar-refractivity contribution in [2.45, 2.75) is 43.7 Å². The number of hydrogen-bond acceptors (Lipinski definition) is 7. The van der Waals surface area contributed by atoms with Gasteiger partial charge in [0.25, 0.3) is 0 Å². The van der Waals surface area contributed by atoms with Crippen molar-refractivity contribution in [3.8, 4) is 0 Å². The smallest absolute Gasteiger partial charge is 0.407 e. The first kappa shape index (κ1) is 26.6. The van der Waals surface area contributed by atoms with Crippen molar-refractivity contribution >= 4 is 39.3 Å². The molecule has 1 unspecified atom stereocenters. The minimum atomic E-state index is -4.38. The molecule has 3 aromatic rings. The Labute approximate surface area is 219 Å². The maximum absolute atomic E-state index is 13.7. The molecule has 0 radical (unpaired) electrons. The maximum atomic E-state index is 13.7. The standard InChI is InChI=1S/C25H28N4O6S2/c1-3-22-26-21(15-36-22)20(13-16-9-11-18(12-10-16)29-37(32,33)34)27-23(30)25(28-24(31)35-2)14-19(25)17-7-5-4-6-8-17/h4-12,15,19-20,29H,3,13-14H2,1-2H3,(H,27,30)(H,28,31)(H,32,33,34)/t19-,20+,25?/m1/s1. The quantitative estimate of drug-likeness (QED) is 0.285. The predicted molar refractivity (Wildman–Crippen MR) is 140 cm³/mol. The van der Waals surface area contributed by atoms with Gasteiger partial charge in [0.15, 0.2) is 0 Å². The molecule has 0 aliphatic heterocycles. The fraction of sp³-hybridized carbons (Fsp3) is 0.320. The molecule has 1 aliphatic rings. The molecule has 2 amide bonds. The maximum Gasteiger partial charge on any atom is 0.407 e. The van der Waals surface area contributed by atoms with E-state index in [0.717, 1.165) is 22.6 Å². The van der Waals surface area contributed by atoms with Gasteiger partial charge in [0, 0.05) is 11.3 Å². The number of methoxy groups -OCH3 is 1. The van der Waals surface area contributed by atoms with Gasteiger partial charge < -0.3 is 15.4 Å². The van der Waals surface area contributed by atoms with E-state index in [4.69, 9.17) is 9.29 Å². The number of amides is 2. The van der Waals surface area contributed by atoms with Gasteiger partial charge in [-0.2, -0.15) is 8.42 Å². The van der Waals surface area contributed by atoms with Gasteiger partial charge in [-0.05, 0) is 42.5 Å². The molecule has 1 aromatic heterocycles. The molecular formula is C25H28N4O6S2. The van der Waals surface area contributed by atoms with Crippen LogP contribution in [0.5, 0.6) is 0 Å². The summed E-state index contributed by atoms with van der Waals surface area (Å²) in [6.07, 6.45) is 0.868. The Bertz CT molecular complexity index is 1360. The van der Waals surface area contributed by atoms with Crippen molar-refractivity contribution in [2.75, 3.05) is 11.8 Å². The molecule has 3 atom stereocenters. The van der Waals surface area contributed by atoms with Crippen molar-refractivity contribution in [3.63, 3.8) is 0 Å². The van der Waals surface area contributed by atoms with Crippen LogP contribution >= 0.6 is 11.3 Å². The molecule has 4 N–H and O–H groups in total. The Hall–Kier alpha value is -3.48. The molecule has 1 heterocycles. The highest BCUT2D eigenvalue weighted by atomic mass is 32.2. The number of carbonyl (C=O) groups excluding carboxylic acids is 2. The highest BCUT2D eigenvalue weighted by molar-refractivity contribution is 7.87. The van der Waals surface area contributed by atoms with Crippen LogP contribution in [-0.2, 0) is 32.7 Å². The van der Waals surface area contributed by atoms with Gasteiger partial charge in [0.1, 0.15) is 5.54 Å². The zero-order valence-corrected chi connectivity index (χ0v) is 21.9. The summed E-state index contributed by atoms with van der Waals surface area (Å²) < 4.78 is 38.0. The number of aromatic nitrogens is 1. The van der Waals surface area contributed by atoms with E-state index >= 15 is 0 Å². The highest BCUT2D eigenvalue weighted by Gasteiger charge is 2.62. The van der Waals surface area contributed by atoms with E-state index in [-0.39, 0.29) is 17.5 Å². The number of nitrogens with one attached hydrogen (secondary N) is 3. The van der Waals surface area contributed by atoms with Gasteiger partial charge >= 0.3 is 16.4 Å². The number of benzene rings is 2. The minimum Gasteiger partial charge on any atom is -0.453 e. The van der Waals surface area contributed by atoms with Crippen molar-refractivity contribution in [3.05, 3.63) is 81.8 Å². The van der Waals surface area contributed by atoms with Crippen LogP contribution in [0.25, 0.3) is 0 Å². The summed E-state index contributed by atoms with van der Waals surface area (Å²) in [6.45, 7) is 2.00. The summed E-state index contributed by atoms with van der Waals surface area (Å²) in [5.41, 5.74) is 1.50. The Kier molecular flexibility index (Phi) is 7.81. The lowest BCUT2D eigenvalue weighted by Gasteiger charge is -2.23. The molecule has 0 bridgehead atoms. The Morgan fingerprint density at radius 2 is 1.89 bits per heavy atom. The van der Waals surface area contributed by atoms with Crippen molar-refractivity contribution in [2.24, 2.45) is 0 Å². The highest BCUT2D eigenvalue weighted by Crippen LogP contribution is 2.52. The van der Waals surface area contributed by atoms with E-state index in [9.17, 15) is 18.0 Å². The zero-order valence-electron chi connectivity index (χ0n) is 20.3. The predicted octanol–water partition coefficient (Wildman–Crippen LogP) is 3.60. The monoisotopic (exact) mass is 544 g/mol. The third-order valence-corrected chi connectivity index (χ3v) is 7.76. The number of aryl methyl sites for hydroxylation is 1. The number of hydrogen-bond donors (Lipinski definition) is 4. The van der Waals surface area contributed by atoms with Gasteiger partial charge in [0.05, 0.1) is 29.5 Å². The molecule has 1 aliphatic carbocycles. The van der Waals surface area contributed by atoms with Crippen LogP contribution < -0.4 is 15.4 Å². The Morgan fingerprint density at radius 3 is 2.49 bits per heavy atom. The molecule has 1 fully saturated rings. The third-order valence-electron chi connectivity index (χ3n) is 6.25. The van der Waals surface area contributed by atoms with Gasteiger partial charge in [-0.1, -0.05) is 49.4 Å². The molecule has 37 heavy (non-hydrogen) atoms. The summed E-state index contributed by atoms with van der Waals surface area (Å²) in [7, 11) is -3.13. The van der Waals surface area contributed by atoms with E-state index < -0.39 is 28.0 Å². The zero-order chi connectivity index (χ0) is 26.6. The summed E-state index contributed by atoms with van der Waals surface area (Å²) in [4.78, 5) is 30.6. The van der Waals surface area contributed by atoms with Crippen LogP contribution in [0.3, 0.4) is 0 Å². The van der Waals surface area contributed by atoms with E-state index in [1.54, 1.807) is 12.1 Å². The molecular weight excluding hydrogens is 516 g/mol. The summed E-state index contributed by atoms with van der Waals surface area (Å²) >= 11 is 1.50. The van der Waals surface area contributed by atoms with Gasteiger partial charge in [-0.3, -0.25) is 14.1 Å². The average molecular weight is 545 g/mol. The SMILES string of the molecule is CCc1nc([C@H](Cc2ccc(NS(=O)(=O)O)cc2)NC(=O)C2(NC(=O)OC)C[C@@H]2c2ccccc2)cs1. The van der Waals surface area contributed by atoms with Crippen LogP contribution in [0.1, 0.15) is 47.1 Å². The number of ether oxygens (including phenoxy) is 1. The molecule has 0 saturated heterocycles. The van der Waals surface area contributed by atoms with Gasteiger partial charge in [0.2, 0.25) is 5.91 Å². The normalized spacial score (nSPS) is 19.5. The van der Waals surface area contributed by atoms with Gasteiger partial charge in [-0.25, -0.2) is 9.78 Å². The van der Waals surface area contributed by atoms with Crippen LogP contribution in [0, 0.1) is 0 Å². The lowest BCUT2D eigenvalue weighted by Crippen LogP contribution is -2.51. The number of anilines is 1. The lowest BCUT2D eigenvalue weighted by molar-refractivity contribution is -0.125. The Morgan fingerprint density at radius 1 is 1.19 bits per heavy atom. The van der Waals surface area contributed by atoms with Crippen LogP contribution in [0.4, 0.5) is 10.5 Å². The van der Waals surface area contributed by atoms with Crippen LogP contribution in [0.15, 0.2) is 60.0 Å². The first-order valence-corrected chi connectivity index (χ1v) is 14.0. The summed E-state index contributed by atoms with van der Waals surface area (Å²) in [6, 6.07) is 15.5. The molecule has 2 aromatic carbocycles. The number of thiazole rings is 1. The minimum absolute atomic E-state index is 0.207. The number of alkyl carbamates (subject to hydrolysis) is 1. The number of rotatable bonds is 10. The molecule has 12 heteroatoms. The largest absolute Gasteiger partial charge is 0.453 e. The fourth-order valence-electron chi connectivity index (χ4n) is 4.29. The number of nitrogens with zero attached hydrogens (tertiary/aromatic N) is 1. The van der Waals surface area contributed by atoms with E-state index in [2.05, 4.69) is 15.6 Å². The average Bonchev–Trinajstić information content (AvgIpc) is 3.40. The third kappa shape index (κ3) is 6.45. The molecule has 4 rings (SSSR count). The lowest BCUT2D eigenvalue weighted by atomic mass is 10.0. The Balaban J connectivity index is 1.59.